The third-order valence-corrected chi connectivity index (χ3v) is 3.06. The Kier molecular flexibility index (Phi) is 4.45. The molecule has 1 atom stereocenters. The molecular weight excluding hydrogens is 250 g/mol. The van der Waals surface area contributed by atoms with Crippen LogP contribution in [0.4, 0.5) is 0 Å². The van der Waals surface area contributed by atoms with Crippen LogP contribution in [0.3, 0.4) is 0 Å². The molecule has 2 rings (SSSR count). The van der Waals surface area contributed by atoms with Gasteiger partial charge in [-0.05, 0) is 0 Å². The van der Waals surface area contributed by atoms with Crippen molar-refractivity contribution in [2.24, 2.45) is 0 Å². The van der Waals surface area contributed by atoms with Gasteiger partial charge in [0, 0.05) is 17.7 Å². The highest BCUT2D eigenvalue weighted by molar-refractivity contribution is 6.02. The van der Waals surface area contributed by atoms with Gasteiger partial charge < -0.3 is 5.11 Å². The number of carbonyl (C=O) groups excluding carboxylic acids is 1. The minimum atomic E-state index is -1.75. The molecule has 0 saturated heterocycles. The Bertz CT molecular complexity index is 580. The van der Waals surface area contributed by atoms with Crippen molar-refractivity contribution < 1.29 is 9.90 Å². The second kappa shape index (κ2) is 6.28. The quantitative estimate of drug-likeness (QED) is 0.480. The molecule has 0 spiro atoms. The molecule has 0 aliphatic rings. The highest BCUT2D eigenvalue weighted by Gasteiger charge is 2.37. The van der Waals surface area contributed by atoms with Gasteiger partial charge in [0.05, 0.1) is 0 Å². The van der Waals surface area contributed by atoms with Gasteiger partial charge in [-0.1, -0.05) is 66.7 Å². The van der Waals surface area contributed by atoms with Crippen molar-refractivity contribution in [3.63, 3.8) is 0 Å². The molecule has 0 heterocycles. The molecule has 0 bridgehead atoms. The molecule has 0 saturated carbocycles. The number of benzene rings is 2. The van der Waals surface area contributed by atoms with Crippen molar-refractivity contribution in [1.29, 1.82) is 0 Å². The average Bonchev–Trinajstić information content (AvgIpc) is 2.53. The van der Waals surface area contributed by atoms with Crippen LogP contribution in [0.5, 0.6) is 0 Å². The zero-order valence-corrected chi connectivity index (χ0v) is 11.1. The number of nitrogens with one attached hydrogen (secondary N) is 1. The number of aliphatic hydroxyl groups is 1. The molecule has 0 amide bonds. The summed E-state index contributed by atoms with van der Waals surface area (Å²) in [7, 11) is 0. The van der Waals surface area contributed by atoms with Crippen LogP contribution in [-0.4, -0.2) is 17.4 Å². The van der Waals surface area contributed by atoms with Crippen LogP contribution in [0.15, 0.2) is 73.3 Å². The van der Waals surface area contributed by atoms with Crippen LogP contribution in [0.1, 0.15) is 15.9 Å². The van der Waals surface area contributed by atoms with Gasteiger partial charge in [-0.25, -0.2) is 0 Å². The summed E-state index contributed by atoms with van der Waals surface area (Å²) in [6.45, 7) is 3.93. The Labute approximate surface area is 118 Å². The lowest BCUT2D eigenvalue weighted by Gasteiger charge is -2.28. The first-order valence-corrected chi connectivity index (χ1v) is 6.42. The van der Waals surface area contributed by atoms with Crippen LogP contribution in [-0.2, 0) is 5.72 Å². The number of hydrogen-bond acceptors (Lipinski definition) is 3. The van der Waals surface area contributed by atoms with Crippen molar-refractivity contribution >= 4 is 5.78 Å². The lowest BCUT2D eigenvalue weighted by molar-refractivity contribution is 0.0118. The van der Waals surface area contributed by atoms with Gasteiger partial charge in [0.1, 0.15) is 0 Å². The molecule has 2 aromatic carbocycles. The number of carbonyl (C=O) groups is 1. The first-order chi connectivity index (χ1) is 9.68. The molecule has 102 valence electrons. The van der Waals surface area contributed by atoms with Gasteiger partial charge in [0.25, 0.3) is 0 Å². The lowest BCUT2D eigenvalue weighted by Crippen LogP contribution is -2.49. The lowest BCUT2D eigenvalue weighted by atomic mass is 9.93. The largest absolute Gasteiger partial charge is 0.365 e. The van der Waals surface area contributed by atoms with E-state index in [1.165, 1.54) is 0 Å². The van der Waals surface area contributed by atoms with E-state index in [1.807, 2.05) is 12.1 Å². The Balaban J connectivity index is 2.42. The number of hydrogen-bond donors (Lipinski definition) is 2. The fraction of sp³-hybridized carbons (Fsp3) is 0.118. The molecule has 0 fully saturated rings. The standard InChI is InChI=1S/C17H17NO2/c1-2-13-18-17(20,15-11-7-4-8-12-15)16(19)14-9-5-3-6-10-14/h2-12,18,20H,1,13H2. The highest BCUT2D eigenvalue weighted by atomic mass is 16.3. The van der Waals surface area contributed by atoms with E-state index in [4.69, 9.17) is 0 Å². The Morgan fingerprint density at radius 2 is 1.65 bits per heavy atom. The topological polar surface area (TPSA) is 49.3 Å². The predicted molar refractivity (Wildman–Crippen MR) is 79.3 cm³/mol. The van der Waals surface area contributed by atoms with Gasteiger partial charge in [0.15, 0.2) is 0 Å². The fourth-order valence-electron chi connectivity index (χ4n) is 2.01. The van der Waals surface area contributed by atoms with Gasteiger partial charge >= 0.3 is 0 Å². The van der Waals surface area contributed by atoms with E-state index in [9.17, 15) is 9.90 Å². The maximum Gasteiger partial charge on any atom is 0.214 e. The average molecular weight is 267 g/mol. The van der Waals surface area contributed by atoms with Crippen molar-refractivity contribution in [3.05, 3.63) is 84.4 Å². The van der Waals surface area contributed by atoms with Crippen LogP contribution in [0, 0.1) is 0 Å². The van der Waals surface area contributed by atoms with Gasteiger partial charge in [0.2, 0.25) is 11.5 Å². The number of ketones is 1. The van der Waals surface area contributed by atoms with Crippen molar-refractivity contribution in [1.82, 2.24) is 5.32 Å². The predicted octanol–water partition coefficient (Wildman–Crippen LogP) is 2.49. The molecule has 0 aliphatic carbocycles. The van der Waals surface area contributed by atoms with E-state index in [-0.39, 0.29) is 5.78 Å². The Morgan fingerprint density at radius 3 is 2.20 bits per heavy atom. The molecule has 3 heteroatoms. The summed E-state index contributed by atoms with van der Waals surface area (Å²) >= 11 is 0. The third-order valence-electron chi connectivity index (χ3n) is 3.06. The summed E-state index contributed by atoms with van der Waals surface area (Å²) in [6, 6.07) is 17.6. The Hall–Kier alpha value is -2.23. The summed E-state index contributed by atoms with van der Waals surface area (Å²) in [5.74, 6) is -0.383. The van der Waals surface area contributed by atoms with E-state index >= 15 is 0 Å². The minimum Gasteiger partial charge on any atom is -0.365 e. The van der Waals surface area contributed by atoms with E-state index in [0.29, 0.717) is 17.7 Å². The Morgan fingerprint density at radius 1 is 1.10 bits per heavy atom. The maximum absolute atomic E-state index is 12.6. The van der Waals surface area contributed by atoms with Crippen molar-refractivity contribution in [3.8, 4) is 0 Å². The molecule has 2 N–H and O–H groups in total. The van der Waals surface area contributed by atoms with Crippen molar-refractivity contribution in [2.75, 3.05) is 6.54 Å². The first kappa shape index (κ1) is 14.2. The van der Waals surface area contributed by atoms with E-state index in [0.717, 1.165) is 0 Å². The molecule has 20 heavy (non-hydrogen) atoms. The fourth-order valence-corrected chi connectivity index (χ4v) is 2.01. The molecule has 0 radical (unpaired) electrons. The number of Topliss-reactive ketones (excluding diaryl/α,β-unsaturated/α-hetero) is 1. The second-order valence-electron chi connectivity index (χ2n) is 4.44. The zero-order valence-electron chi connectivity index (χ0n) is 11.1. The monoisotopic (exact) mass is 267 g/mol. The maximum atomic E-state index is 12.6. The van der Waals surface area contributed by atoms with Crippen LogP contribution in [0.2, 0.25) is 0 Å². The SMILES string of the molecule is C=CCNC(O)(C(=O)c1ccccc1)c1ccccc1. The molecule has 2 aromatic rings. The second-order valence-corrected chi connectivity index (χ2v) is 4.44. The smallest absolute Gasteiger partial charge is 0.214 e. The molecule has 3 nitrogen and oxygen atoms in total. The van der Waals surface area contributed by atoms with E-state index < -0.39 is 5.72 Å². The summed E-state index contributed by atoms with van der Waals surface area (Å²) < 4.78 is 0. The van der Waals surface area contributed by atoms with Crippen LogP contribution >= 0.6 is 0 Å². The third kappa shape index (κ3) is 2.85. The minimum absolute atomic E-state index is 0.323. The van der Waals surface area contributed by atoms with Gasteiger partial charge in [-0.3, -0.25) is 10.1 Å². The summed E-state index contributed by atoms with van der Waals surface area (Å²) in [6.07, 6.45) is 1.60. The molecule has 1 unspecified atom stereocenters. The van der Waals surface area contributed by atoms with Gasteiger partial charge in [-0.15, -0.1) is 6.58 Å². The highest BCUT2D eigenvalue weighted by Crippen LogP contribution is 2.23. The summed E-state index contributed by atoms with van der Waals surface area (Å²) in [5, 5.41) is 13.7. The van der Waals surface area contributed by atoms with E-state index in [1.54, 1.807) is 54.6 Å². The zero-order chi connectivity index (χ0) is 14.4. The first-order valence-electron chi connectivity index (χ1n) is 6.42. The van der Waals surface area contributed by atoms with E-state index in [2.05, 4.69) is 11.9 Å². The molecule has 0 aliphatic heterocycles. The van der Waals surface area contributed by atoms with Crippen LogP contribution in [0.25, 0.3) is 0 Å². The molecule has 0 aromatic heterocycles. The number of rotatable bonds is 6. The normalized spacial score (nSPS) is 13.4. The molecular formula is C17H17NO2. The van der Waals surface area contributed by atoms with Crippen molar-refractivity contribution in [2.45, 2.75) is 5.72 Å². The summed E-state index contributed by atoms with van der Waals surface area (Å²) in [5.41, 5.74) is -0.789. The summed E-state index contributed by atoms with van der Waals surface area (Å²) in [4.78, 5) is 12.6. The van der Waals surface area contributed by atoms with Gasteiger partial charge in [-0.2, -0.15) is 0 Å². The van der Waals surface area contributed by atoms with Crippen LogP contribution < -0.4 is 5.32 Å².